The second kappa shape index (κ2) is 37.5. The van der Waals surface area contributed by atoms with E-state index in [1.54, 1.807) is 45.9 Å². The van der Waals surface area contributed by atoms with Crippen molar-refractivity contribution in [1.82, 2.24) is 42.5 Å². The predicted molar refractivity (Wildman–Crippen MR) is 421 cm³/mol. The minimum absolute atomic E-state index is 0.163. The molecular formula is C81H94Cl2N10O26. The molecule has 11 bridgehead atoms. The van der Waals surface area contributed by atoms with Crippen LogP contribution in [0.1, 0.15) is 131 Å². The van der Waals surface area contributed by atoms with E-state index in [1.165, 1.54) is 26.0 Å². The normalized spacial score (nSPS) is 27.2. The van der Waals surface area contributed by atoms with Gasteiger partial charge in [-0.2, -0.15) is 0 Å². The van der Waals surface area contributed by atoms with Gasteiger partial charge >= 0.3 is 5.97 Å². The summed E-state index contributed by atoms with van der Waals surface area (Å²) in [4.78, 5) is 133. The molecule has 0 saturated carbocycles. The molecule has 38 heteroatoms. The summed E-state index contributed by atoms with van der Waals surface area (Å²) in [5.74, 6) is -18.3. The van der Waals surface area contributed by atoms with Crippen LogP contribution in [-0.2, 0) is 63.9 Å². The third-order valence-corrected chi connectivity index (χ3v) is 21.9. The molecule has 7 heterocycles. The first kappa shape index (κ1) is 88.8. The number of nitrogens with two attached hydrogens (primary N) is 2. The summed E-state index contributed by atoms with van der Waals surface area (Å²) in [7, 11) is 0. The van der Waals surface area contributed by atoms with E-state index in [0.29, 0.717) is 25.2 Å². The number of carbonyl (C=O) groups excluding carboxylic acids is 8. The van der Waals surface area contributed by atoms with Gasteiger partial charge in [0.2, 0.25) is 59.3 Å². The number of carboxylic acid groups (broad SMARTS) is 1. The first-order chi connectivity index (χ1) is 56.4. The molecule has 6 aromatic rings. The monoisotopic (exact) mass is 1690 g/mol. The van der Waals surface area contributed by atoms with Gasteiger partial charge < -0.3 is 138 Å². The number of hydrogen-bond donors (Lipinski definition) is 20. The van der Waals surface area contributed by atoms with Gasteiger partial charge in [0.05, 0.1) is 47.9 Å². The Morgan fingerprint density at radius 1 is 0.731 bits per heavy atom. The molecule has 0 aromatic heterocycles. The van der Waals surface area contributed by atoms with Crippen molar-refractivity contribution in [3.05, 3.63) is 159 Å². The summed E-state index contributed by atoms with van der Waals surface area (Å²) >= 11 is 14.3. The van der Waals surface area contributed by atoms with Crippen molar-refractivity contribution in [2.75, 3.05) is 13.2 Å². The van der Waals surface area contributed by atoms with Crippen molar-refractivity contribution in [3.8, 4) is 62.9 Å². The molecule has 13 rings (SSSR count). The van der Waals surface area contributed by atoms with Gasteiger partial charge in [-0.1, -0.05) is 93.7 Å². The lowest BCUT2D eigenvalue weighted by Crippen LogP contribution is -2.65. The van der Waals surface area contributed by atoms with Crippen LogP contribution in [0.4, 0.5) is 0 Å². The first-order valence-electron chi connectivity index (χ1n) is 38.0. The number of ether oxygens (including phenoxy) is 7. The second-order valence-corrected chi connectivity index (χ2v) is 31.0. The summed E-state index contributed by atoms with van der Waals surface area (Å²) in [6.07, 6.45) is -16.5. The number of hydrogen-bond acceptors (Lipinski definition) is 27. The maximum Gasteiger partial charge on any atom is 0.326 e. The molecule has 2 saturated heterocycles. The van der Waals surface area contributed by atoms with Gasteiger partial charge in [0.15, 0.2) is 23.9 Å². The van der Waals surface area contributed by atoms with E-state index in [1.807, 2.05) is 12.1 Å². The largest absolute Gasteiger partial charge is 0.508 e. The highest BCUT2D eigenvalue weighted by atomic mass is 35.5. The molecule has 119 heavy (non-hydrogen) atoms. The second-order valence-electron chi connectivity index (χ2n) is 30.2. The van der Waals surface area contributed by atoms with Crippen molar-refractivity contribution in [1.29, 1.82) is 0 Å². The van der Waals surface area contributed by atoms with Crippen molar-refractivity contribution in [2.45, 2.75) is 189 Å². The number of benzene rings is 6. The number of fused-ring (bicyclic) bond motifs is 15. The molecule has 2 fully saturated rings. The Hall–Kier alpha value is -11.0. The Morgan fingerprint density at radius 2 is 1.37 bits per heavy atom. The highest BCUT2D eigenvalue weighted by Gasteiger charge is 2.52. The number of aromatic hydroxyl groups is 3. The van der Waals surface area contributed by atoms with Gasteiger partial charge in [0.25, 0.3) is 0 Å². The van der Waals surface area contributed by atoms with Crippen LogP contribution >= 0.6 is 23.2 Å². The molecule has 6 aromatic carbocycles. The van der Waals surface area contributed by atoms with Crippen LogP contribution in [0, 0.1) is 11.8 Å². The highest BCUT2D eigenvalue weighted by molar-refractivity contribution is 6.32. The molecule has 0 aliphatic carbocycles. The average molecular weight is 1690 g/mol. The van der Waals surface area contributed by atoms with Crippen LogP contribution in [0.25, 0.3) is 11.1 Å². The molecule has 8 amide bonds. The fraction of sp³-hybridized carbons (Fsp3) is 0.420. The number of halogens is 2. The number of nitrogens with one attached hydrogen (secondary N) is 8. The van der Waals surface area contributed by atoms with Gasteiger partial charge in [-0.05, 0) is 132 Å². The number of primary amides is 1. The van der Waals surface area contributed by atoms with Gasteiger partial charge in [0, 0.05) is 35.7 Å². The standard InChI is InChI=1S/C81H94Cl2N10O26/c1-8-10-20-113-42-13-11-12-36(21-42)31-86-81(7)30-56(114-35(6)71(81)103)118-70-68(102)67(101)54(32-94)117-80(70)119-69-52-25-40-26-53(69)116-51-19-16-39(24-46(51)83)66(100)64-78(110)91-62(76(108)88-59(33(3)4)79(111)112)44-27-41(95)28-49(97)57(44)43-22-37(14-17-48(43)96)60(74(106)93-64)90-75(107)61(40)89-72(104)47(29-55(84)98)87-77(109)63(92-73(105)58(85)34(5)9-2)65(99)38-15-18-50(115-52)45(82)23-38/h8,11-19,21-28,33-35,47,54,56,58-68,70-71,80,86,94-97,99-103H,1,9-10,20,29-32,85H2,2-7H3,(H2,84,98)(H,87,109)(H,88,108)(H,89,104)(H,90,107)(H,91,110)(H,92,105)(H,93,106)(H,111,112)/t34-,35-,47-,54+,56-,58-,59-,60+,61+,62-,63+,64-,65+,66+,67+,68-,70+,71+,80-,81-/m0/s1. The van der Waals surface area contributed by atoms with E-state index in [-0.39, 0.29) is 35.4 Å². The number of amides is 8. The third-order valence-electron chi connectivity index (χ3n) is 21.4. The zero-order chi connectivity index (χ0) is 86.5. The van der Waals surface area contributed by atoms with E-state index in [9.17, 15) is 75.0 Å². The van der Waals surface area contributed by atoms with Gasteiger partial charge in [0.1, 0.15) is 107 Å². The van der Waals surface area contributed by atoms with E-state index < -0.39 is 266 Å². The summed E-state index contributed by atoms with van der Waals surface area (Å²) in [5, 5.41) is 137. The molecule has 20 atom stereocenters. The van der Waals surface area contributed by atoms with E-state index >= 15 is 19.2 Å². The number of phenols is 3. The molecular weight excluding hydrogens is 1600 g/mol. The van der Waals surface area contributed by atoms with Crippen molar-refractivity contribution < 1.29 is 127 Å². The van der Waals surface area contributed by atoms with Crippen molar-refractivity contribution in [3.63, 3.8) is 0 Å². The van der Waals surface area contributed by atoms with Crippen LogP contribution in [0.15, 0.2) is 116 Å². The summed E-state index contributed by atoms with van der Waals surface area (Å²) in [5.41, 5.74) is 8.63. The molecule has 0 unspecified atom stereocenters. The lowest BCUT2D eigenvalue weighted by atomic mass is 9.84. The number of aliphatic carboxylic acids is 1. The Labute approximate surface area is 690 Å². The quantitative estimate of drug-likeness (QED) is 0.0343. The summed E-state index contributed by atoms with van der Waals surface area (Å²) < 4.78 is 45.3. The van der Waals surface area contributed by atoms with Crippen molar-refractivity contribution >= 4 is 76.4 Å². The van der Waals surface area contributed by atoms with Crippen LogP contribution in [0.2, 0.25) is 10.0 Å². The number of rotatable bonds is 22. The maximum absolute atomic E-state index is 16.3. The third kappa shape index (κ3) is 19.8. The number of aliphatic hydroxyl groups excluding tert-OH is 6. The summed E-state index contributed by atoms with van der Waals surface area (Å²) in [6, 6.07) is 4.23. The fourth-order valence-electron chi connectivity index (χ4n) is 14.4. The predicted octanol–water partition coefficient (Wildman–Crippen LogP) is 2.77. The topological polar surface area (TPSA) is 569 Å². The number of phenolic OH excluding ortho intramolecular Hbond substituents is 3. The molecule has 7 aliphatic rings. The van der Waals surface area contributed by atoms with Crippen LogP contribution in [0.3, 0.4) is 0 Å². The highest BCUT2D eigenvalue weighted by Crippen LogP contribution is 2.50. The smallest absolute Gasteiger partial charge is 0.326 e. The molecule has 0 radical (unpaired) electrons. The van der Waals surface area contributed by atoms with Gasteiger partial charge in [-0.25, -0.2) is 4.79 Å². The minimum atomic E-state index is -2.40. The summed E-state index contributed by atoms with van der Waals surface area (Å²) in [6.45, 7) is 12.8. The maximum atomic E-state index is 16.3. The number of carbonyl (C=O) groups is 9. The van der Waals surface area contributed by atoms with Crippen molar-refractivity contribution in [2.24, 2.45) is 23.3 Å². The lowest BCUT2D eigenvalue weighted by Gasteiger charge is -2.48. The molecule has 36 nitrogen and oxygen atoms in total. The Balaban J connectivity index is 1.13. The zero-order valence-corrected chi connectivity index (χ0v) is 66.5. The van der Waals surface area contributed by atoms with Gasteiger partial charge in [-0.15, -0.1) is 6.58 Å². The van der Waals surface area contributed by atoms with E-state index in [0.717, 1.165) is 72.3 Å². The average Bonchev–Trinajstić information content (AvgIpc) is 0.764. The number of aliphatic hydroxyl groups is 6. The van der Waals surface area contributed by atoms with E-state index in [2.05, 4.69) is 49.1 Å². The Bertz CT molecular complexity index is 4870. The Morgan fingerprint density at radius 3 is 1.99 bits per heavy atom. The molecule has 0 spiro atoms. The first-order valence-corrected chi connectivity index (χ1v) is 38.8. The fourth-order valence-corrected chi connectivity index (χ4v) is 14.8. The SMILES string of the molecule is C=CCCOc1cccc(CN[C@@]2(C)C[C@H](O[C@H]3[C@H](Oc4c5cc6cc4Oc4ccc(cc4Cl)[C@@H](O)[C@@H](NC(=O)[C@@H](N)[C@@H](C)CC)C(=O)N[C@@H](CC(N)=O)C(=O)N[C@H]6C(=O)N[C@H]4C(=O)N[C@H](C(=O)N[C@H](C(=O)N[C@H](C(=O)O)C(C)C)c6cc(O)cc(O)c6-c6cc4ccc6O)[C@H](O)c4ccc(c(Cl)c4)O5)O[C@H](CO)[C@@H](O)[C@@H]3O)O[C@@H](C)[C@H]2O)c1. The van der Waals surface area contributed by atoms with Gasteiger partial charge in [-0.3, -0.25) is 38.4 Å². The van der Waals surface area contributed by atoms with Crippen LogP contribution < -0.4 is 72.9 Å². The van der Waals surface area contributed by atoms with Crippen LogP contribution in [0.5, 0.6) is 51.7 Å². The molecule has 638 valence electrons. The Kier molecular flexibility index (Phi) is 28.0. The lowest BCUT2D eigenvalue weighted by molar-refractivity contribution is -0.334. The van der Waals surface area contributed by atoms with Crippen LogP contribution in [-0.4, -0.2) is 202 Å². The number of carboxylic acids is 1. The molecule has 22 N–H and O–H groups in total. The van der Waals surface area contributed by atoms with E-state index in [4.69, 9.17) is 67.8 Å². The molecule has 7 aliphatic heterocycles. The zero-order valence-electron chi connectivity index (χ0n) is 65.0. The minimum Gasteiger partial charge on any atom is -0.508 e.